The largest absolute Gasteiger partial charge is 0.494 e. The van der Waals surface area contributed by atoms with Crippen molar-refractivity contribution in [3.8, 4) is 17.1 Å². The Morgan fingerprint density at radius 3 is 2.56 bits per heavy atom. The molecule has 0 spiro atoms. The molecule has 0 atom stereocenters. The van der Waals surface area contributed by atoms with Gasteiger partial charge in [-0.15, -0.1) is 0 Å². The van der Waals surface area contributed by atoms with Crippen molar-refractivity contribution in [2.45, 2.75) is 0 Å². The summed E-state index contributed by atoms with van der Waals surface area (Å²) in [6.07, 6.45) is 2.57. The topological polar surface area (TPSA) is 139 Å². The Labute approximate surface area is 210 Å². The number of benzene rings is 2. The van der Waals surface area contributed by atoms with Gasteiger partial charge in [-0.1, -0.05) is 18.7 Å². The standard InChI is InChI=1S/C25H30N8O3/c1-6-22(34)29-18-13-19(21(36-5)14-20(18)33(4)11-10-32(2)3)30-25-28-15-27-24(31-25)17-9-7-8-16(12-17)23(26)35/h6-9,12-15H,1,10-11H2,2-5H3,(H2,26,35)(H,29,34)(H,27,28,30,31). The third-order valence-corrected chi connectivity index (χ3v) is 5.28. The second-order valence-electron chi connectivity index (χ2n) is 8.19. The summed E-state index contributed by atoms with van der Waals surface area (Å²) in [4.78, 5) is 40.7. The van der Waals surface area contributed by atoms with E-state index in [4.69, 9.17) is 10.5 Å². The number of nitrogens with zero attached hydrogens (tertiary/aromatic N) is 5. The number of likely N-dealkylation sites (N-methyl/N-ethyl adjacent to an activating group) is 2. The van der Waals surface area contributed by atoms with Crippen LogP contribution in [0.3, 0.4) is 0 Å². The molecule has 0 bridgehead atoms. The summed E-state index contributed by atoms with van der Waals surface area (Å²) in [7, 11) is 7.48. The molecular formula is C25H30N8O3. The third kappa shape index (κ3) is 6.54. The van der Waals surface area contributed by atoms with Crippen molar-refractivity contribution < 1.29 is 14.3 Å². The molecule has 188 valence electrons. The van der Waals surface area contributed by atoms with Crippen LogP contribution in [0.1, 0.15) is 10.4 Å². The SMILES string of the molecule is C=CC(=O)Nc1cc(Nc2ncnc(-c3cccc(C(N)=O)c3)n2)c(OC)cc1N(C)CCN(C)C. The summed E-state index contributed by atoms with van der Waals surface area (Å²) in [5.41, 5.74) is 8.22. The first kappa shape index (κ1) is 26.1. The number of carbonyl (C=O) groups is 2. The van der Waals surface area contributed by atoms with Gasteiger partial charge in [0, 0.05) is 37.3 Å². The van der Waals surface area contributed by atoms with Gasteiger partial charge < -0.3 is 30.9 Å². The van der Waals surface area contributed by atoms with E-state index in [-0.39, 0.29) is 11.9 Å². The van der Waals surface area contributed by atoms with Crippen LogP contribution < -0.4 is 26.0 Å². The number of primary amides is 1. The zero-order valence-corrected chi connectivity index (χ0v) is 20.8. The average Bonchev–Trinajstić information content (AvgIpc) is 2.87. The summed E-state index contributed by atoms with van der Waals surface area (Å²) in [6, 6.07) is 10.3. The number of methoxy groups -OCH3 is 1. The molecule has 0 radical (unpaired) electrons. The molecule has 3 aromatic rings. The lowest BCUT2D eigenvalue weighted by molar-refractivity contribution is -0.111. The summed E-state index contributed by atoms with van der Waals surface area (Å²) < 4.78 is 5.62. The first-order valence-corrected chi connectivity index (χ1v) is 11.1. The van der Waals surface area contributed by atoms with Crippen LogP contribution in [0.2, 0.25) is 0 Å². The van der Waals surface area contributed by atoms with Crippen LogP contribution in [0.4, 0.5) is 23.0 Å². The normalized spacial score (nSPS) is 10.6. The fraction of sp³-hybridized carbons (Fsp3) is 0.240. The highest BCUT2D eigenvalue weighted by atomic mass is 16.5. The number of carbonyl (C=O) groups excluding carboxylic acids is 2. The molecule has 0 saturated carbocycles. The maximum atomic E-state index is 12.1. The van der Waals surface area contributed by atoms with Gasteiger partial charge in [0.15, 0.2) is 5.82 Å². The monoisotopic (exact) mass is 490 g/mol. The Morgan fingerprint density at radius 2 is 1.89 bits per heavy atom. The Balaban J connectivity index is 1.98. The van der Waals surface area contributed by atoms with Crippen molar-refractivity contribution in [3.05, 3.63) is 60.9 Å². The number of anilines is 4. The van der Waals surface area contributed by atoms with Gasteiger partial charge in [-0.25, -0.2) is 9.97 Å². The van der Waals surface area contributed by atoms with Crippen LogP contribution in [-0.4, -0.2) is 73.0 Å². The Hall–Kier alpha value is -4.51. The number of hydrogen-bond donors (Lipinski definition) is 3. The average molecular weight is 491 g/mol. The number of nitrogens with two attached hydrogens (primary N) is 1. The minimum atomic E-state index is -0.543. The molecule has 2 amide bonds. The van der Waals surface area contributed by atoms with Crippen molar-refractivity contribution in [1.82, 2.24) is 19.9 Å². The molecule has 36 heavy (non-hydrogen) atoms. The Kier molecular flexibility index (Phi) is 8.52. The fourth-order valence-electron chi connectivity index (χ4n) is 3.33. The second-order valence-corrected chi connectivity index (χ2v) is 8.19. The van der Waals surface area contributed by atoms with Gasteiger partial charge in [0.05, 0.1) is 24.2 Å². The van der Waals surface area contributed by atoms with Gasteiger partial charge >= 0.3 is 0 Å². The summed E-state index contributed by atoms with van der Waals surface area (Å²) in [5, 5.41) is 5.99. The molecule has 11 heteroatoms. The van der Waals surface area contributed by atoms with E-state index >= 15 is 0 Å². The van der Waals surface area contributed by atoms with Crippen molar-refractivity contribution in [1.29, 1.82) is 0 Å². The van der Waals surface area contributed by atoms with Crippen LogP contribution in [0, 0.1) is 0 Å². The van der Waals surface area contributed by atoms with Gasteiger partial charge in [0.25, 0.3) is 0 Å². The Morgan fingerprint density at radius 1 is 1.11 bits per heavy atom. The molecule has 1 heterocycles. The summed E-state index contributed by atoms with van der Waals surface area (Å²) in [5.74, 6) is 0.243. The molecule has 0 fully saturated rings. The predicted octanol–water partition coefficient (Wildman–Crippen LogP) is 2.51. The Bertz CT molecular complexity index is 1260. The first-order valence-electron chi connectivity index (χ1n) is 11.1. The zero-order chi connectivity index (χ0) is 26.2. The van der Waals surface area contributed by atoms with E-state index in [0.29, 0.717) is 34.1 Å². The molecule has 1 aromatic heterocycles. The maximum absolute atomic E-state index is 12.1. The van der Waals surface area contributed by atoms with Gasteiger partial charge in [-0.3, -0.25) is 9.59 Å². The highest BCUT2D eigenvalue weighted by molar-refractivity contribution is 6.02. The number of amides is 2. The molecule has 0 saturated heterocycles. The van der Waals surface area contributed by atoms with E-state index < -0.39 is 5.91 Å². The van der Waals surface area contributed by atoms with Crippen molar-refractivity contribution in [3.63, 3.8) is 0 Å². The number of aromatic nitrogens is 3. The second kappa shape index (κ2) is 11.8. The minimum absolute atomic E-state index is 0.248. The van der Waals surface area contributed by atoms with E-state index in [1.54, 1.807) is 37.4 Å². The third-order valence-electron chi connectivity index (χ3n) is 5.28. The lowest BCUT2D eigenvalue weighted by atomic mass is 10.1. The number of hydrogen-bond acceptors (Lipinski definition) is 9. The van der Waals surface area contributed by atoms with E-state index in [0.717, 1.165) is 18.8 Å². The minimum Gasteiger partial charge on any atom is -0.494 e. The molecular weight excluding hydrogens is 460 g/mol. The number of nitrogens with one attached hydrogen (secondary N) is 2. The maximum Gasteiger partial charge on any atom is 0.248 e. The molecule has 0 aliphatic heterocycles. The quantitative estimate of drug-likeness (QED) is 0.346. The van der Waals surface area contributed by atoms with Crippen molar-refractivity contribution >= 4 is 34.8 Å². The fourth-order valence-corrected chi connectivity index (χ4v) is 3.33. The van der Waals surface area contributed by atoms with Crippen LogP contribution in [0.5, 0.6) is 5.75 Å². The lowest BCUT2D eigenvalue weighted by Gasteiger charge is -2.26. The highest BCUT2D eigenvalue weighted by Gasteiger charge is 2.17. The first-order chi connectivity index (χ1) is 17.2. The molecule has 0 unspecified atom stereocenters. The van der Waals surface area contributed by atoms with E-state index in [1.165, 1.54) is 12.4 Å². The van der Waals surface area contributed by atoms with Crippen LogP contribution in [0.15, 0.2) is 55.4 Å². The molecule has 3 rings (SSSR count). The van der Waals surface area contributed by atoms with Gasteiger partial charge in [0.1, 0.15) is 12.1 Å². The highest BCUT2D eigenvalue weighted by Crippen LogP contribution is 2.38. The summed E-state index contributed by atoms with van der Waals surface area (Å²) >= 11 is 0. The smallest absolute Gasteiger partial charge is 0.248 e. The predicted molar refractivity (Wildman–Crippen MR) is 141 cm³/mol. The zero-order valence-electron chi connectivity index (χ0n) is 20.8. The molecule has 0 aliphatic rings. The van der Waals surface area contributed by atoms with E-state index in [2.05, 4.69) is 37.1 Å². The van der Waals surface area contributed by atoms with Gasteiger partial charge in [-0.05, 0) is 38.4 Å². The van der Waals surface area contributed by atoms with Crippen LogP contribution in [0.25, 0.3) is 11.4 Å². The van der Waals surface area contributed by atoms with Crippen LogP contribution >= 0.6 is 0 Å². The molecule has 0 aliphatic carbocycles. The van der Waals surface area contributed by atoms with Crippen LogP contribution in [-0.2, 0) is 4.79 Å². The van der Waals surface area contributed by atoms with Gasteiger partial charge in [0.2, 0.25) is 17.8 Å². The van der Waals surface area contributed by atoms with Crippen molar-refractivity contribution in [2.75, 3.05) is 56.9 Å². The summed E-state index contributed by atoms with van der Waals surface area (Å²) in [6.45, 7) is 5.08. The molecule has 11 nitrogen and oxygen atoms in total. The van der Waals surface area contributed by atoms with Crippen molar-refractivity contribution in [2.24, 2.45) is 5.73 Å². The van der Waals surface area contributed by atoms with E-state index in [1.807, 2.05) is 32.1 Å². The molecule has 2 aromatic carbocycles. The lowest BCUT2D eigenvalue weighted by Crippen LogP contribution is -2.29. The number of rotatable bonds is 11. The van der Waals surface area contributed by atoms with Gasteiger partial charge in [-0.2, -0.15) is 4.98 Å². The number of ether oxygens (including phenoxy) is 1. The molecule has 4 N–H and O–H groups in total. The van der Waals surface area contributed by atoms with E-state index in [9.17, 15) is 9.59 Å².